The van der Waals surface area contributed by atoms with Crippen LogP contribution in [0.1, 0.15) is 51.3 Å². The van der Waals surface area contributed by atoms with E-state index in [0.717, 1.165) is 42.1 Å². The van der Waals surface area contributed by atoms with Gasteiger partial charge in [0.05, 0.1) is 11.5 Å². The first-order valence-electron chi connectivity index (χ1n) is 7.59. The predicted molar refractivity (Wildman–Crippen MR) is 87.1 cm³/mol. The highest BCUT2D eigenvalue weighted by Gasteiger charge is 2.15. The average molecular weight is 314 g/mol. The lowest BCUT2D eigenvalue weighted by molar-refractivity contribution is 0.0919. The minimum atomic E-state index is 0.0250. The molecule has 3 rings (SSSR count). The summed E-state index contributed by atoms with van der Waals surface area (Å²) in [4.78, 5) is 25.0. The fourth-order valence-corrected chi connectivity index (χ4v) is 3.31. The van der Waals surface area contributed by atoms with Crippen LogP contribution < -0.4 is 4.74 Å². The second-order valence-electron chi connectivity index (χ2n) is 5.45. The largest absolute Gasteiger partial charge is 0.493 e. The second-order valence-corrected chi connectivity index (χ2v) is 6.40. The van der Waals surface area contributed by atoms with Gasteiger partial charge in [0.25, 0.3) is 0 Å². The molecule has 0 bridgehead atoms. The fourth-order valence-electron chi connectivity index (χ4n) is 2.62. The molecule has 1 aromatic carbocycles. The molecule has 114 valence electrons. The number of aryl methyl sites for hydroxylation is 1. The molecule has 0 fully saturated rings. The Balaban J connectivity index is 1.65. The Morgan fingerprint density at radius 2 is 1.95 bits per heavy atom. The van der Waals surface area contributed by atoms with Gasteiger partial charge in [-0.1, -0.05) is 6.07 Å². The van der Waals surface area contributed by atoms with Gasteiger partial charge in [-0.25, -0.2) is 0 Å². The molecule has 2 heterocycles. The summed E-state index contributed by atoms with van der Waals surface area (Å²) < 4.78 is 5.67. The lowest BCUT2D eigenvalue weighted by atomic mass is 10.00. The first kappa shape index (κ1) is 15.0. The van der Waals surface area contributed by atoms with Gasteiger partial charge in [-0.05, 0) is 54.5 Å². The van der Waals surface area contributed by atoms with Crippen LogP contribution in [0.5, 0.6) is 5.75 Å². The summed E-state index contributed by atoms with van der Waals surface area (Å²) in [6, 6.07) is 9.28. The minimum Gasteiger partial charge on any atom is -0.493 e. The summed E-state index contributed by atoms with van der Waals surface area (Å²) in [5, 5.41) is 1.88. The quantitative estimate of drug-likeness (QED) is 0.772. The van der Waals surface area contributed by atoms with Gasteiger partial charge >= 0.3 is 0 Å². The van der Waals surface area contributed by atoms with Crippen molar-refractivity contribution in [2.75, 3.05) is 6.61 Å². The maximum Gasteiger partial charge on any atom is 0.173 e. The Kier molecular flexibility index (Phi) is 4.68. The number of fused-ring (bicyclic) bond motifs is 1. The number of carbonyl (C=O) groups excluding carboxylic acids is 2. The molecule has 0 saturated heterocycles. The smallest absolute Gasteiger partial charge is 0.173 e. The van der Waals surface area contributed by atoms with E-state index < -0.39 is 0 Å². The molecule has 1 aromatic heterocycles. The zero-order valence-electron chi connectivity index (χ0n) is 12.3. The Labute approximate surface area is 133 Å². The SMILES string of the molecule is O=C(CCC(=O)c1cccs1)c1ccc2c(c1)CCCCO2. The third kappa shape index (κ3) is 3.45. The van der Waals surface area contributed by atoms with Crippen LogP contribution in [0.3, 0.4) is 0 Å². The van der Waals surface area contributed by atoms with Gasteiger partial charge in [0.2, 0.25) is 0 Å². The van der Waals surface area contributed by atoms with Crippen molar-refractivity contribution in [3.63, 3.8) is 0 Å². The highest BCUT2D eigenvalue weighted by molar-refractivity contribution is 7.12. The molecule has 4 heteroatoms. The molecule has 0 saturated carbocycles. The van der Waals surface area contributed by atoms with Crippen molar-refractivity contribution in [1.29, 1.82) is 0 Å². The molecular formula is C18H18O3S. The van der Waals surface area contributed by atoms with E-state index in [2.05, 4.69) is 0 Å². The van der Waals surface area contributed by atoms with Gasteiger partial charge in [0.15, 0.2) is 11.6 Å². The number of ether oxygens (including phenoxy) is 1. The number of hydrogen-bond acceptors (Lipinski definition) is 4. The third-order valence-corrected chi connectivity index (χ3v) is 4.77. The minimum absolute atomic E-state index is 0.0250. The Morgan fingerprint density at radius 3 is 2.77 bits per heavy atom. The molecule has 0 N–H and O–H groups in total. The van der Waals surface area contributed by atoms with Crippen LogP contribution in [-0.4, -0.2) is 18.2 Å². The molecular weight excluding hydrogens is 296 g/mol. The van der Waals surface area contributed by atoms with E-state index in [1.165, 1.54) is 11.3 Å². The normalized spacial score (nSPS) is 13.8. The molecule has 0 amide bonds. The monoisotopic (exact) mass is 314 g/mol. The molecule has 0 unspecified atom stereocenters. The molecule has 2 aromatic rings. The van der Waals surface area contributed by atoms with Crippen LogP contribution >= 0.6 is 11.3 Å². The molecule has 1 aliphatic heterocycles. The summed E-state index contributed by atoms with van der Waals surface area (Å²) in [5.41, 5.74) is 1.79. The fraction of sp³-hybridized carbons (Fsp3) is 0.333. The van der Waals surface area contributed by atoms with Crippen LogP contribution in [0.4, 0.5) is 0 Å². The van der Waals surface area contributed by atoms with E-state index in [0.29, 0.717) is 5.56 Å². The zero-order chi connectivity index (χ0) is 15.4. The Hall–Kier alpha value is -1.94. The zero-order valence-corrected chi connectivity index (χ0v) is 13.2. The third-order valence-electron chi connectivity index (χ3n) is 3.86. The van der Waals surface area contributed by atoms with Crippen molar-refractivity contribution in [2.45, 2.75) is 32.1 Å². The maximum absolute atomic E-state index is 12.3. The van der Waals surface area contributed by atoms with Crippen molar-refractivity contribution < 1.29 is 14.3 Å². The molecule has 0 radical (unpaired) electrons. The highest BCUT2D eigenvalue weighted by atomic mass is 32.1. The number of hydrogen-bond donors (Lipinski definition) is 0. The van der Waals surface area contributed by atoms with Gasteiger partial charge in [-0.15, -0.1) is 11.3 Å². The number of thiophene rings is 1. The average Bonchev–Trinajstić information content (AvgIpc) is 2.97. The summed E-state index contributed by atoms with van der Waals surface area (Å²) in [6.07, 6.45) is 3.61. The summed E-state index contributed by atoms with van der Waals surface area (Å²) in [6.45, 7) is 0.746. The van der Waals surface area contributed by atoms with E-state index in [4.69, 9.17) is 4.74 Å². The predicted octanol–water partition coefficient (Wildman–Crippen LogP) is 4.31. The van der Waals surface area contributed by atoms with E-state index in [9.17, 15) is 9.59 Å². The van der Waals surface area contributed by atoms with E-state index in [-0.39, 0.29) is 24.4 Å². The maximum atomic E-state index is 12.3. The van der Waals surface area contributed by atoms with Crippen LogP contribution in [0.25, 0.3) is 0 Å². The molecule has 3 nitrogen and oxygen atoms in total. The first-order valence-corrected chi connectivity index (χ1v) is 8.47. The van der Waals surface area contributed by atoms with Crippen LogP contribution in [0, 0.1) is 0 Å². The van der Waals surface area contributed by atoms with Crippen molar-refractivity contribution in [2.24, 2.45) is 0 Å². The lowest BCUT2D eigenvalue weighted by Crippen LogP contribution is -2.05. The van der Waals surface area contributed by atoms with Crippen LogP contribution in [0.15, 0.2) is 35.7 Å². The van der Waals surface area contributed by atoms with Crippen LogP contribution in [-0.2, 0) is 6.42 Å². The number of benzene rings is 1. The molecule has 1 aliphatic rings. The lowest BCUT2D eigenvalue weighted by Gasteiger charge is -2.08. The first-order chi connectivity index (χ1) is 10.7. The van der Waals surface area contributed by atoms with Crippen LogP contribution in [0.2, 0.25) is 0 Å². The standard InChI is InChI=1S/C18H18O3S/c19-15(7-8-16(20)18-5-3-11-22-18)13-6-9-17-14(12-13)4-1-2-10-21-17/h3,5-6,9,11-12H,1-2,4,7-8,10H2. The topological polar surface area (TPSA) is 43.4 Å². The highest BCUT2D eigenvalue weighted by Crippen LogP contribution is 2.26. The van der Waals surface area contributed by atoms with Gasteiger partial charge in [0, 0.05) is 18.4 Å². The molecule has 0 spiro atoms. The van der Waals surface area contributed by atoms with Crippen molar-refractivity contribution in [3.05, 3.63) is 51.7 Å². The summed E-state index contributed by atoms with van der Waals surface area (Å²) in [5.74, 6) is 0.960. The van der Waals surface area contributed by atoms with Crippen molar-refractivity contribution in [1.82, 2.24) is 0 Å². The van der Waals surface area contributed by atoms with Gasteiger partial charge < -0.3 is 4.74 Å². The second kappa shape index (κ2) is 6.88. The summed E-state index contributed by atoms with van der Waals surface area (Å²) >= 11 is 1.42. The Morgan fingerprint density at radius 1 is 1.09 bits per heavy atom. The van der Waals surface area contributed by atoms with E-state index >= 15 is 0 Å². The summed E-state index contributed by atoms with van der Waals surface area (Å²) in [7, 11) is 0. The number of carbonyl (C=O) groups is 2. The number of rotatable bonds is 5. The molecule has 0 aliphatic carbocycles. The van der Waals surface area contributed by atoms with Gasteiger partial charge in [-0.3, -0.25) is 9.59 Å². The van der Waals surface area contributed by atoms with E-state index in [1.807, 2.05) is 29.6 Å². The van der Waals surface area contributed by atoms with Gasteiger partial charge in [-0.2, -0.15) is 0 Å². The number of ketones is 2. The van der Waals surface area contributed by atoms with Crippen molar-refractivity contribution in [3.8, 4) is 5.75 Å². The van der Waals surface area contributed by atoms with Gasteiger partial charge in [0.1, 0.15) is 5.75 Å². The van der Waals surface area contributed by atoms with Crippen molar-refractivity contribution >= 4 is 22.9 Å². The van der Waals surface area contributed by atoms with E-state index in [1.54, 1.807) is 6.07 Å². The Bertz CT molecular complexity index is 674. The molecule has 22 heavy (non-hydrogen) atoms. The number of Topliss-reactive ketones (excluding diaryl/α,β-unsaturated/α-hetero) is 2. The molecule has 0 atom stereocenters.